The summed E-state index contributed by atoms with van der Waals surface area (Å²) in [5.41, 5.74) is 1.72. The molecule has 0 spiro atoms. The van der Waals surface area contributed by atoms with Crippen molar-refractivity contribution in [1.29, 1.82) is 0 Å². The van der Waals surface area contributed by atoms with Crippen LogP contribution in [-0.4, -0.2) is 31.8 Å². The van der Waals surface area contributed by atoms with Crippen molar-refractivity contribution >= 4 is 27.8 Å². The highest BCUT2D eigenvalue weighted by Gasteiger charge is 2.38. The molecule has 0 atom stereocenters. The number of hydrogen-bond donors (Lipinski definition) is 1. The van der Waals surface area contributed by atoms with Crippen molar-refractivity contribution in [2.75, 3.05) is 0 Å². The van der Waals surface area contributed by atoms with Crippen LogP contribution >= 0.6 is 0 Å². The minimum absolute atomic E-state index is 0.657. The SMILES string of the molecule is FC(F)(F)c1ccc(-n2ccc3c4ncncc4ccc32)cc1.O=C(O)C(F)(F)F. The molecule has 2 aromatic heterocycles. The normalized spacial score (nSPS) is 11.9. The number of carbonyl (C=O) groups is 1. The summed E-state index contributed by atoms with van der Waals surface area (Å²) in [5.74, 6) is -2.76. The summed E-state index contributed by atoms with van der Waals surface area (Å²) in [7, 11) is 0. The second kappa shape index (κ2) is 7.65. The summed E-state index contributed by atoms with van der Waals surface area (Å²) < 4.78 is 71.6. The lowest BCUT2D eigenvalue weighted by molar-refractivity contribution is -0.192. The van der Waals surface area contributed by atoms with Crippen molar-refractivity contribution in [2.24, 2.45) is 0 Å². The first-order valence-electron chi connectivity index (χ1n) is 8.16. The van der Waals surface area contributed by atoms with Gasteiger partial charge in [0.2, 0.25) is 0 Å². The predicted octanol–water partition coefficient (Wildman–Crippen LogP) is 5.23. The second-order valence-corrected chi connectivity index (χ2v) is 5.99. The van der Waals surface area contributed by atoms with Crippen LogP contribution < -0.4 is 0 Å². The Hall–Kier alpha value is -3.63. The monoisotopic (exact) mass is 427 g/mol. The van der Waals surface area contributed by atoms with Gasteiger partial charge < -0.3 is 9.67 Å². The van der Waals surface area contributed by atoms with E-state index in [0.29, 0.717) is 5.69 Å². The van der Waals surface area contributed by atoms with Gasteiger partial charge in [0, 0.05) is 28.9 Å². The molecule has 156 valence electrons. The maximum Gasteiger partial charge on any atom is 0.490 e. The highest BCUT2D eigenvalue weighted by atomic mass is 19.4. The van der Waals surface area contributed by atoms with Gasteiger partial charge in [-0.25, -0.2) is 14.8 Å². The number of nitrogens with zero attached hydrogens (tertiary/aromatic N) is 3. The molecule has 5 nitrogen and oxygen atoms in total. The first-order chi connectivity index (χ1) is 14.0. The molecule has 0 unspecified atom stereocenters. The van der Waals surface area contributed by atoms with Gasteiger partial charge in [-0.3, -0.25) is 0 Å². The summed E-state index contributed by atoms with van der Waals surface area (Å²) in [6.45, 7) is 0. The Kier molecular flexibility index (Phi) is 5.38. The minimum atomic E-state index is -5.08. The quantitative estimate of drug-likeness (QED) is 0.423. The molecule has 0 fully saturated rings. The standard InChI is InChI=1S/C17H10F3N3.C2HF3O2/c18-17(19,20)12-2-4-13(5-3-12)23-8-7-14-15(23)6-1-11-9-21-10-22-16(11)14;3-2(4,5)1(6)7/h1-10H;(H,6,7). The van der Waals surface area contributed by atoms with E-state index in [4.69, 9.17) is 9.90 Å². The lowest BCUT2D eigenvalue weighted by atomic mass is 10.1. The van der Waals surface area contributed by atoms with Gasteiger partial charge in [-0.1, -0.05) is 0 Å². The third-order valence-electron chi connectivity index (χ3n) is 4.06. The molecule has 4 rings (SSSR count). The van der Waals surface area contributed by atoms with E-state index in [-0.39, 0.29) is 0 Å². The third kappa shape index (κ3) is 4.34. The average molecular weight is 427 g/mol. The van der Waals surface area contributed by atoms with E-state index in [1.165, 1.54) is 18.5 Å². The summed E-state index contributed by atoms with van der Waals surface area (Å²) in [6.07, 6.45) is -4.37. The predicted molar refractivity (Wildman–Crippen MR) is 95.1 cm³/mol. The van der Waals surface area contributed by atoms with E-state index in [9.17, 15) is 26.3 Å². The fourth-order valence-electron chi connectivity index (χ4n) is 2.71. The molecule has 11 heteroatoms. The van der Waals surface area contributed by atoms with Crippen molar-refractivity contribution in [3.63, 3.8) is 0 Å². The Morgan fingerprint density at radius 3 is 2.13 bits per heavy atom. The number of aliphatic carboxylic acids is 1. The molecule has 0 saturated carbocycles. The largest absolute Gasteiger partial charge is 0.490 e. The van der Waals surface area contributed by atoms with Gasteiger partial charge in [0.1, 0.15) is 6.33 Å². The van der Waals surface area contributed by atoms with Crippen LogP contribution in [0.2, 0.25) is 0 Å². The molecule has 4 aromatic rings. The molecule has 0 amide bonds. The highest BCUT2D eigenvalue weighted by Crippen LogP contribution is 2.31. The van der Waals surface area contributed by atoms with Crippen molar-refractivity contribution in [3.8, 4) is 5.69 Å². The van der Waals surface area contributed by atoms with Crippen LogP contribution in [0.1, 0.15) is 5.56 Å². The molecule has 0 saturated heterocycles. The van der Waals surface area contributed by atoms with E-state index in [1.807, 2.05) is 29.0 Å². The fraction of sp³-hybridized carbons (Fsp3) is 0.105. The van der Waals surface area contributed by atoms with Crippen molar-refractivity contribution in [1.82, 2.24) is 14.5 Å². The third-order valence-corrected chi connectivity index (χ3v) is 4.06. The maximum atomic E-state index is 12.7. The number of aromatic nitrogens is 3. The van der Waals surface area contributed by atoms with Crippen LogP contribution in [0.3, 0.4) is 0 Å². The summed E-state index contributed by atoms with van der Waals surface area (Å²) in [5, 5.41) is 8.98. The Morgan fingerprint density at radius 1 is 0.933 bits per heavy atom. The average Bonchev–Trinajstić information content (AvgIpc) is 3.12. The lowest BCUT2D eigenvalue weighted by Gasteiger charge is -2.09. The summed E-state index contributed by atoms with van der Waals surface area (Å²) >= 11 is 0. The van der Waals surface area contributed by atoms with Crippen molar-refractivity contribution in [2.45, 2.75) is 12.4 Å². The van der Waals surface area contributed by atoms with Gasteiger partial charge >= 0.3 is 18.3 Å². The lowest BCUT2D eigenvalue weighted by Crippen LogP contribution is -2.21. The van der Waals surface area contributed by atoms with Gasteiger partial charge in [-0.05, 0) is 42.5 Å². The van der Waals surface area contributed by atoms with Gasteiger partial charge in [0.05, 0.1) is 16.6 Å². The van der Waals surface area contributed by atoms with Gasteiger partial charge in [-0.15, -0.1) is 0 Å². The molecule has 1 N–H and O–H groups in total. The number of carboxylic acid groups (broad SMARTS) is 1. The Balaban J connectivity index is 0.000000318. The highest BCUT2D eigenvalue weighted by molar-refractivity contribution is 6.04. The molecular weight excluding hydrogens is 416 g/mol. The van der Waals surface area contributed by atoms with Crippen molar-refractivity contribution in [3.05, 3.63) is 66.7 Å². The van der Waals surface area contributed by atoms with Gasteiger partial charge in [-0.2, -0.15) is 26.3 Å². The number of halogens is 6. The summed E-state index contributed by atoms with van der Waals surface area (Å²) in [6, 6.07) is 10.8. The minimum Gasteiger partial charge on any atom is -0.475 e. The number of benzene rings is 2. The Morgan fingerprint density at radius 2 is 1.57 bits per heavy atom. The molecule has 0 aliphatic rings. The van der Waals surface area contributed by atoms with Crippen LogP contribution in [-0.2, 0) is 11.0 Å². The fourth-order valence-corrected chi connectivity index (χ4v) is 2.71. The van der Waals surface area contributed by atoms with Crippen LogP contribution in [0.15, 0.2) is 61.2 Å². The zero-order valence-corrected chi connectivity index (χ0v) is 14.7. The van der Waals surface area contributed by atoms with Crippen LogP contribution in [0.4, 0.5) is 26.3 Å². The topological polar surface area (TPSA) is 68.0 Å². The van der Waals surface area contributed by atoms with Crippen LogP contribution in [0.5, 0.6) is 0 Å². The second-order valence-electron chi connectivity index (χ2n) is 5.99. The van der Waals surface area contributed by atoms with Gasteiger partial charge in [0.15, 0.2) is 0 Å². The molecule has 0 aliphatic heterocycles. The molecule has 2 heterocycles. The molecule has 0 bridgehead atoms. The van der Waals surface area contributed by atoms with Gasteiger partial charge in [0.25, 0.3) is 0 Å². The molecule has 30 heavy (non-hydrogen) atoms. The number of hydrogen-bond acceptors (Lipinski definition) is 3. The number of fused-ring (bicyclic) bond motifs is 3. The van der Waals surface area contributed by atoms with E-state index in [1.54, 1.807) is 6.20 Å². The van der Waals surface area contributed by atoms with E-state index in [2.05, 4.69) is 9.97 Å². The van der Waals surface area contributed by atoms with Crippen molar-refractivity contribution < 1.29 is 36.2 Å². The first kappa shape index (κ1) is 21.1. The molecule has 2 aromatic carbocycles. The van der Waals surface area contributed by atoms with Crippen LogP contribution in [0, 0.1) is 0 Å². The number of alkyl halides is 6. The molecule has 0 aliphatic carbocycles. The summed E-state index contributed by atoms with van der Waals surface area (Å²) in [4.78, 5) is 17.2. The zero-order chi connectivity index (χ0) is 22.1. The number of carboxylic acids is 1. The number of rotatable bonds is 1. The smallest absolute Gasteiger partial charge is 0.475 e. The molecule has 0 radical (unpaired) electrons. The Labute approximate surface area is 164 Å². The Bertz CT molecular complexity index is 1200. The van der Waals surface area contributed by atoms with Crippen LogP contribution in [0.25, 0.3) is 27.5 Å². The van der Waals surface area contributed by atoms with E-state index >= 15 is 0 Å². The van der Waals surface area contributed by atoms with E-state index < -0.39 is 23.9 Å². The van der Waals surface area contributed by atoms with E-state index in [0.717, 1.165) is 33.9 Å². The first-order valence-corrected chi connectivity index (χ1v) is 8.16. The molecular formula is C19H11F6N3O2. The zero-order valence-electron chi connectivity index (χ0n) is 14.7. The maximum absolute atomic E-state index is 12.7.